The molecule has 0 aliphatic heterocycles. The van der Waals surface area contributed by atoms with Gasteiger partial charge >= 0.3 is 0 Å². The molecule has 0 aromatic heterocycles. The minimum absolute atomic E-state index is 0.136. The Labute approximate surface area is 377 Å². The van der Waals surface area contributed by atoms with Crippen LogP contribution in [0.1, 0.15) is 322 Å². The lowest BCUT2D eigenvalue weighted by molar-refractivity contribution is -0.124. The van der Waals surface area contributed by atoms with Crippen molar-refractivity contribution in [3.63, 3.8) is 0 Å². The average molecular weight is 850 g/mol. The van der Waals surface area contributed by atoms with Crippen LogP contribution in [-0.4, -0.2) is 46.1 Å². The lowest BCUT2D eigenvalue weighted by atomic mass is 9.99. The van der Waals surface area contributed by atoms with E-state index in [4.69, 9.17) is 0 Å². The normalized spacial score (nSPS) is 13.2. The summed E-state index contributed by atoms with van der Waals surface area (Å²) in [6.07, 6.45) is 61.2. The molecule has 0 saturated heterocycles. The summed E-state index contributed by atoms with van der Waals surface area (Å²) in [5, 5.41) is 33.7. The number of carbonyl (C=O) groups is 1. The fourth-order valence-corrected chi connectivity index (χ4v) is 9.17. The minimum atomic E-state index is -1.13. The van der Waals surface area contributed by atoms with Crippen LogP contribution >= 0.6 is 0 Å². The largest absolute Gasteiger partial charge is 0.394 e. The zero-order valence-corrected chi connectivity index (χ0v) is 41.1. The third-order valence-corrected chi connectivity index (χ3v) is 13.5. The zero-order valence-electron chi connectivity index (χ0n) is 41.1. The van der Waals surface area contributed by atoms with Gasteiger partial charge in [-0.1, -0.05) is 303 Å². The summed E-state index contributed by atoms with van der Waals surface area (Å²) in [7, 11) is 0. The van der Waals surface area contributed by atoms with Gasteiger partial charge in [0.15, 0.2) is 0 Å². The fraction of sp³-hybridized carbons (Fsp3) is 0.982. The van der Waals surface area contributed by atoms with Crippen LogP contribution in [0.5, 0.6) is 0 Å². The van der Waals surface area contributed by atoms with Gasteiger partial charge in [0.05, 0.1) is 18.8 Å². The highest BCUT2D eigenvalue weighted by Crippen LogP contribution is 2.19. The summed E-state index contributed by atoms with van der Waals surface area (Å²) in [4.78, 5) is 12.5. The highest BCUT2D eigenvalue weighted by Gasteiger charge is 2.26. The molecule has 0 aliphatic rings. The van der Waals surface area contributed by atoms with Gasteiger partial charge in [-0.15, -0.1) is 0 Å². The lowest BCUT2D eigenvalue weighted by Crippen LogP contribution is -2.50. The quantitative estimate of drug-likeness (QED) is 0.0459. The first-order valence-electron chi connectivity index (χ1n) is 27.8. The van der Waals surface area contributed by atoms with E-state index in [0.717, 1.165) is 32.1 Å². The third-order valence-electron chi connectivity index (χ3n) is 13.5. The SMILES string of the molecule is CCCCCCCCCCCCCCCCCCCCCCCCCCCCCCCCCC(=O)N[C@@H](CO)[C@H](O)[C@H](O)CCCCCCCCCCCCCCCCC. The van der Waals surface area contributed by atoms with E-state index in [1.165, 1.54) is 263 Å². The number of rotatable bonds is 52. The van der Waals surface area contributed by atoms with Gasteiger partial charge in [-0.25, -0.2) is 0 Å². The van der Waals surface area contributed by atoms with Crippen molar-refractivity contribution < 1.29 is 20.1 Å². The van der Waals surface area contributed by atoms with Crippen molar-refractivity contribution in [2.24, 2.45) is 0 Å². The second-order valence-electron chi connectivity index (χ2n) is 19.5. The van der Waals surface area contributed by atoms with Crippen LogP contribution in [0, 0.1) is 0 Å². The Bertz CT molecular complexity index is 807. The van der Waals surface area contributed by atoms with E-state index in [-0.39, 0.29) is 12.5 Å². The van der Waals surface area contributed by atoms with Gasteiger partial charge in [0.2, 0.25) is 5.91 Å². The van der Waals surface area contributed by atoms with E-state index < -0.39 is 18.2 Å². The van der Waals surface area contributed by atoms with Gasteiger partial charge in [-0.3, -0.25) is 4.79 Å². The molecule has 5 nitrogen and oxygen atoms in total. The second kappa shape index (κ2) is 51.0. The van der Waals surface area contributed by atoms with Crippen LogP contribution in [0.3, 0.4) is 0 Å². The molecule has 0 unspecified atom stereocenters. The molecule has 1 amide bonds. The topological polar surface area (TPSA) is 89.8 Å². The van der Waals surface area contributed by atoms with Crippen LogP contribution in [0.25, 0.3) is 0 Å². The van der Waals surface area contributed by atoms with Gasteiger partial charge in [-0.2, -0.15) is 0 Å². The maximum Gasteiger partial charge on any atom is 0.220 e. The first-order valence-corrected chi connectivity index (χ1v) is 27.8. The molecule has 0 heterocycles. The standard InChI is InChI=1S/C55H111NO4/c1-3-5-7-9-11-13-15-17-19-20-21-22-23-24-25-26-27-28-29-30-31-32-33-34-36-38-40-42-44-46-48-50-54(59)56-52(51-57)55(60)53(58)49-47-45-43-41-39-37-35-18-16-14-12-10-8-6-4-2/h52-53,55,57-58,60H,3-51H2,1-2H3,(H,56,59)/t52-,53+,55-/m0/s1. The highest BCUT2D eigenvalue weighted by atomic mass is 16.3. The Morgan fingerprint density at radius 3 is 0.800 bits per heavy atom. The third kappa shape index (κ3) is 45.4. The number of amides is 1. The van der Waals surface area contributed by atoms with Crippen LogP contribution < -0.4 is 5.32 Å². The summed E-state index contributed by atoms with van der Waals surface area (Å²) < 4.78 is 0. The number of hydrogen-bond acceptors (Lipinski definition) is 4. The molecule has 0 spiro atoms. The molecular formula is C55H111NO4. The molecule has 3 atom stereocenters. The molecule has 0 fully saturated rings. The summed E-state index contributed by atoms with van der Waals surface area (Å²) in [5.41, 5.74) is 0. The lowest BCUT2D eigenvalue weighted by Gasteiger charge is -2.26. The number of aliphatic hydroxyl groups excluding tert-OH is 3. The summed E-state index contributed by atoms with van der Waals surface area (Å²) in [6, 6.07) is -0.803. The first-order chi connectivity index (χ1) is 29.6. The minimum Gasteiger partial charge on any atom is -0.394 e. The maximum absolute atomic E-state index is 12.5. The van der Waals surface area contributed by atoms with Crippen LogP contribution in [0.4, 0.5) is 0 Å². The Kier molecular flexibility index (Phi) is 50.4. The van der Waals surface area contributed by atoms with Crippen molar-refractivity contribution in [3.05, 3.63) is 0 Å². The number of hydrogen-bond donors (Lipinski definition) is 4. The molecule has 0 aromatic carbocycles. The zero-order chi connectivity index (χ0) is 43.7. The molecular weight excluding hydrogens is 739 g/mol. The van der Waals surface area contributed by atoms with E-state index in [9.17, 15) is 20.1 Å². The van der Waals surface area contributed by atoms with E-state index in [2.05, 4.69) is 19.2 Å². The Balaban J connectivity index is 3.44. The van der Waals surface area contributed by atoms with Crippen molar-refractivity contribution in [2.75, 3.05) is 6.61 Å². The summed E-state index contributed by atoms with van der Waals surface area (Å²) >= 11 is 0. The predicted octanol–water partition coefficient (Wildman–Crippen LogP) is 16.9. The number of unbranched alkanes of at least 4 members (excludes halogenated alkanes) is 44. The maximum atomic E-state index is 12.5. The van der Waals surface area contributed by atoms with E-state index >= 15 is 0 Å². The molecule has 0 radical (unpaired) electrons. The summed E-state index contributed by atoms with van der Waals surface area (Å²) in [6.45, 7) is 4.22. The van der Waals surface area contributed by atoms with Gasteiger partial charge < -0.3 is 20.6 Å². The highest BCUT2D eigenvalue weighted by molar-refractivity contribution is 5.76. The van der Waals surface area contributed by atoms with Gasteiger partial charge in [0.1, 0.15) is 6.10 Å². The van der Waals surface area contributed by atoms with Crippen molar-refractivity contribution in [3.8, 4) is 0 Å². The predicted molar refractivity (Wildman–Crippen MR) is 264 cm³/mol. The number of aliphatic hydroxyl groups is 3. The van der Waals surface area contributed by atoms with Crippen molar-refractivity contribution in [1.29, 1.82) is 0 Å². The molecule has 0 bridgehead atoms. The second-order valence-corrected chi connectivity index (χ2v) is 19.5. The Hall–Kier alpha value is -0.650. The Morgan fingerprint density at radius 2 is 0.567 bits per heavy atom. The average Bonchev–Trinajstić information content (AvgIpc) is 3.25. The number of nitrogens with one attached hydrogen (secondary N) is 1. The van der Waals surface area contributed by atoms with Crippen molar-refractivity contribution in [1.82, 2.24) is 5.32 Å². The molecule has 60 heavy (non-hydrogen) atoms. The summed E-state index contributed by atoms with van der Waals surface area (Å²) in [5.74, 6) is -0.136. The molecule has 0 saturated carbocycles. The smallest absolute Gasteiger partial charge is 0.220 e. The van der Waals surface area contributed by atoms with E-state index in [1.807, 2.05) is 0 Å². The van der Waals surface area contributed by atoms with Crippen molar-refractivity contribution >= 4 is 5.91 Å². The monoisotopic (exact) mass is 850 g/mol. The van der Waals surface area contributed by atoms with Crippen molar-refractivity contribution in [2.45, 2.75) is 340 Å². The van der Waals surface area contributed by atoms with Gasteiger partial charge in [0.25, 0.3) is 0 Å². The van der Waals surface area contributed by atoms with Crippen LogP contribution in [0.15, 0.2) is 0 Å². The van der Waals surface area contributed by atoms with Crippen LogP contribution in [0.2, 0.25) is 0 Å². The van der Waals surface area contributed by atoms with Crippen LogP contribution in [-0.2, 0) is 4.79 Å². The molecule has 360 valence electrons. The number of carbonyl (C=O) groups excluding carboxylic acids is 1. The Morgan fingerprint density at radius 1 is 0.350 bits per heavy atom. The molecule has 5 heteroatoms. The molecule has 4 N–H and O–H groups in total. The fourth-order valence-electron chi connectivity index (χ4n) is 9.17. The van der Waals surface area contributed by atoms with E-state index in [0.29, 0.717) is 12.8 Å². The van der Waals surface area contributed by atoms with Gasteiger partial charge in [-0.05, 0) is 12.8 Å². The van der Waals surface area contributed by atoms with Gasteiger partial charge in [0, 0.05) is 6.42 Å². The van der Waals surface area contributed by atoms with E-state index in [1.54, 1.807) is 0 Å². The molecule has 0 rings (SSSR count). The molecule has 0 aliphatic carbocycles. The molecule has 0 aromatic rings. The first kappa shape index (κ1) is 59.4.